The summed E-state index contributed by atoms with van der Waals surface area (Å²) in [6.45, 7) is 4.21. The van der Waals surface area contributed by atoms with Crippen LogP contribution in [-0.4, -0.2) is 36.0 Å². The molecule has 2 fully saturated rings. The summed E-state index contributed by atoms with van der Waals surface area (Å²) >= 11 is 0. The molecule has 13 heavy (non-hydrogen) atoms. The van der Waals surface area contributed by atoms with Crippen molar-refractivity contribution in [3.8, 4) is 0 Å². The Bertz CT molecular complexity index is 199. The van der Waals surface area contributed by atoms with Gasteiger partial charge in [0.15, 0.2) is 0 Å². The Morgan fingerprint density at radius 2 is 2.38 bits per heavy atom. The number of likely N-dealkylation sites (tertiary alicyclic amines) is 1. The second-order valence-corrected chi connectivity index (χ2v) is 4.23. The summed E-state index contributed by atoms with van der Waals surface area (Å²) in [5.74, 6) is 0.348. The lowest BCUT2D eigenvalue weighted by Crippen LogP contribution is -2.41. The number of nitrogens with zero attached hydrogens (tertiary/aromatic N) is 1. The van der Waals surface area contributed by atoms with E-state index >= 15 is 0 Å². The van der Waals surface area contributed by atoms with Gasteiger partial charge in [-0.3, -0.25) is 4.79 Å². The Morgan fingerprint density at radius 1 is 1.54 bits per heavy atom. The Morgan fingerprint density at radius 3 is 2.92 bits per heavy atom. The smallest absolute Gasteiger partial charge is 0.222 e. The minimum Gasteiger partial charge on any atom is -0.338 e. The van der Waals surface area contributed by atoms with Gasteiger partial charge in [-0.2, -0.15) is 0 Å². The van der Waals surface area contributed by atoms with Gasteiger partial charge in [0.2, 0.25) is 5.91 Å². The molecule has 0 aliphatic carbocycles. The van der Waals surface area contributed by atoms with E-state index < -0.39 is 0 Å². The number of carbonyl (C=O) groups excluding carboxylic acids is 1. The molecule has 2 saturated heterocycles. The maximum Gasteiger partial charge on any atom is 0.222 e. The van der Waals surface area contributed by atoms with E-state index in [4.69, 9.17) is 0 Å². The van der Waals surface area contributed by atoms with Crippen molar-refractivity contribution in [3.05, 3.63) is 0 Å². The molecule has 3 nitrogen and oxygen atoms in total. The van der Waals surface area contributed by atoms with Gasteiger partial charge >= 0.3 is 0 Å². The Kier molecular flexibility index (Phi) is 2.54. The molecule has 74 valence electrons. The highest BCUT2D eigenvalue weighted by Crippen LogP contribution is 2.19. The van der Waals surface area contributed by atoms with E-state index in [9.17, 15) is 4.79 Å². The normalized spacial score (nSPS) is 34.5. The van der Waals surface area contributed by atoms with Crippen LogP contribution in [0.1, 0.15) is 32.6 Å². The predicted molar refractivity (Wildman–Crippen MR) is 51.4 cm³/mol. The molecule has 0 radical (unpaired) electrons. The summed E-state index contributed by atoms with van der Waals surface area (Å²) in [6, 6.07) is 1.03. The van der Waals surface area contributed by atoms with Gasteiger partial charge in [0.25, 0.3) is 0 Å². The predicted octanol–water partition coefficient (Wildman–Crippen LogP) is 0.749. The van der Waals surface area contributed by atoms with Gasteiger partial charge in [-0.1, -0.05) is 0 Å². The monoisotopic (exact) mass is 182 g/mol. The van der Waals surface area contributed by atoms with E-state index in [0.29, 0.717) is 18.0 Å². The Hall–Kier alpha value is -0.570. The first kappa shape index (κ1) is 9.00. The largest absolute Gasteiger partial charge is 0.338 e. The van der Waals surface area contributed by atoms with Crippen LogP contribution in [0, 0.1) is 0 Å². The lowest BCUT2D eigenvalue weighted by atomic mass is 10.2. The summed E-state index contributed by atoms with van der Waals surface area (Å²) in [4.78, 5) is 13.5. The number of rotatable bonds is 2. The van der Waals surface area contributed by atoms with Gasteiger partial charge in [0.1, 0.15) is 0 Å². The molecule has 0 aromatic rings. The first-order valence-electron chi connectivity index (χ1n) is 5.30. The quantitative estimate of drug-likeness (QED) is 0.683. The van der Waals surface area contributed by atoms with Crippen molar-refractivity contribution in [1.82, 2.24) is 10.2 Å². The maximum atomic E-state index is 11.5. The van der Waals surface area contributed by atoms with Crippen LogP contribution >= 0.6 is 0 Å². The molecule has 3 heteroatoms. The fourth-order valence-corrected chi connectivity index (χ4v) is 2.31. The number of nitrogens with one attached hydrogen (secondary N) is 1. The lowest BCUT2D eigenvalue weighted by molar-refractivity contribution is -0.129. The van der Waals surface area contributed by atoms with Gasteiger partial charge < -0.3 is 10.2 Å². The minimum atomic E-state index is 0.348. The first-order chi connectivity index (χ1) is 6.27. The Balaban J connectivity index is 1.88. The second-order valence-electron chi connectivity index (χ2n) is 4.23. The van der Waals surface area contributed by atoms with Crippen LogP contribution in [-0.2, 0) is 4.79 Å². The number of carbonyl (C=O) groups is 1. The van der Waals surface area contributed by atoms with E-state index in [1.54, 1.807) is 0 Å². The maximum absolute atomic E-state index is 11.5. The summed E-state index contributed by atoms with van der Waals surface area (Å²) in [6.07, 6.45) is 4.30. The third kappa shape index (κ3) is 1.85. The zero-order valence-electron chi connectivity index (χ0n) is 8.25. The van der Waals surface area contributed by atoms with Crippen molar-refractivity contribution < 1.29 is 4.79 Å². The summed E-state index contributed by atoms with van der Waals surface area (Å²) in [7, 11) is 0. The molecular weight excluding hydrogens is 164 g/mol. The molecule has 2 aliphatic rings. The molecule has 2 heterocycles. The van der Waals surface area contributed by atoms with Crippen molar-refractivity contribution in [1.29, 1.82) is 0 Å². The SMILES string of the molecule is CC1CCC(=O)N1CC1CCCN1. The minimum absolute atomic E-state index is 0.348. The van der Waals surface area contributed by atoms with Gasteiger partial charge in [0, 0.05) is 25.0 Å². The highest BCUT2D eigenvalue weighted by molar-refractivity contribution is 5.78. The van der Waals surface area contributed by atoms with Crippen molar-refractivity contribution in [2.75, 3.05) is 13.1 Å². The van der Waals surface area contributed by atoms with Gasteiger partial charge in [-0.25, -0.2) is 0 Å². The summed E-state index contributed by atoms with van der Waals surface area (Å²) in [5.41, 5.74) is 0. The van der Waals surface area contributed by atoms with E-state index in [0.717, 1.165) is 25.9 Å². The molecule has 2 atom stereocenters. The van der Waals surface area contributed by atoms with E-state index in [1.807, 2.05) is 4.90 Å². The molecule has 2 aliphatic heterocycles. The van der Waals surface area contributed by atoms with E-state index in [1.165, 1.54) is 12.8 Å². The number of amides is 1. The molecule has 1 amide bonds. The highest BCUT2D eigenvalue weighted by atomic mass is 16.2. The fraction of sp³-hybridized carbons (Fsp3) is 0.900. The van der Waals surface area contributed by atoms with E-state index in [2.05, 4.69) is 12.2 Å². The Labute approximate surface area is 79.5 Å². The van der Waals surface area contributed by atoms with Crippen LogP contribution in [0.25, 0.3) is 0 Å². The molecule has 0 spiro atoms. The lowest BCUT2D eigenvalue weighted by Gasteiger charge is -2.25. The van der Waals surface area contributed by atoms with Crippen LogP contribution in [0.2, 0.25) is 0 Å². The number of hydrogen-bond acceptors (Lipinski definition) is 2. The van der Waals surface area contributed by atoms with Crippen LogP contribution in [0.3, 0.4) is 0 Å². The molecule has 0 aromatic heterocycles. The molecular formula is C10H18N2O. The van der Waals surface area contributed by atoms with Crippen LogP contribution in [0.4, 0.5) is 0 Å². The molecule has 1 N–H and O–H groups in total. The molecule has 0 aromatic carbocycles. The summed E-state index contributed by atoms with van der Waals surface area (Å²) < 4.78 is 0. The first-order valence-corrected chi connectivity index (χ1v) is 5.30. The van der Waals surface area contributed by atoms with Gasteiger partial charge in [-0.15, -0.1) is 0 Å². The average Bonchev–Trinajstić information content (AvgIpc) is 2.70. The molecule has 0 saturated carbocycles. The molecule has 0 bridgehead atoms. The summed E-state index contributed by atoms with van der Waals surface area (Å²) in [5, 5.41) is 3.43. The average molecular weight is 182 g/mol. The standard InChI is InChI=1S/C10H18N2O/c1-8-4-5-10(13)12(8)7-9-3-2-6-11-9/h8-9,11H,2-7H2,1H3. The molecule has 2 rings (SSSR count). The third-order valence-electron chi connectivity index (χ3n) is 3.21. The van der Waals surface area contributed by atoms with Crippen molar-refractivity contribution >= 4 is 5.91 Å². The van der Waals surface area contributed by atoms with Crippen LogP contribution < -0.4 is 5.32 Å². The topological polar surface area (TPSA) is 32.3 Å². The van der Waals surface area contributed by atoms with Crippen molar-refractivity contribution in [2.24, 2.45) is 0 Å². The highest BCUT2D eigenvalue weighted by Gasteiger charge is 2.29. The van der Waals surface area contributed by atoms with E-state index in [-0.39, 0.29) is 0 Å². The number of hydrogen-bond donors (Lipinski definition) is 1. The zero-order chi connectivity index (χ0) is 9.26. The van der Waals surface area contributed by atoms with Crippen molar-refractivity contribution in [3.63, 3.8) is 0 Å². The third-order valence-corrected chi connectivity index (χ3v) is 3.21. The van der Waals surface area contributed by atoms with Crippen LogP contribution in [0.15, 0.2) is 0 Å². The molecule has 2 unspecified atom stereocenters. The second kappa shape index (κ2) is 3.66. The van der Waals surface area contributed by atoms with Crippen molar-refractivity contribution in [2.45, 2.75) is 44.7 Å². The fourth-order valence-electron chi connectivity index (χ4n) is 2.31. The van der Waals surface area contributed by atoms with Gasteiger partial charge in [0.05, 0.1) is 0 Å². The zero-order valence-corrected chi connectivity index (χ0v) is 8.25. The van der Waals surface area contributed by atoms with Gasteiger partial charge in [-0.05, 0) is 32.7 Å². The van der Waals surface area contributed by atoms with Crippen LogP contribution in [0.5, 0.6) is 0 Å².